The van der Waals surface area contributed by atoms with E-state index in [0.29, 0.717) is 12.2 Å². The summed E-state index contributed by atoms with van der Waals surface area (Å²) in [4.78, 5) is 11.8. The summed E-state index contributed by atoms with van der Waals surface area (Å²) in [7, 11) is 0. The van der Waals surface area contributed by atoms with Crippen LogP contribution in [0.15, 0.2) is 36.4 Å². The van der Waals surface area contributed by atoms with Crippen molar-refractivity contribution < 1.29 is 9.53 Å². The fraction of sp³-hybridized carbons (Fsp3) is 0.278. The SMILES string of the molecule is CCOC(=O)c1cccc(-c2c(C)cc(C)cc2C)c1. The number of rotatable bonds is 3. The van der Waals surface area contributed by atoms with Gasteiger partial charge in [0.15, 0.2) is 0 Å². The third kappa shape index (κ3) is 2.90. The molecule has 0 aliphatic rings. The molecule has 2 aromatic rings. The zero-order valence-electron chi connectivity index (χ0n) is 12.5. The van der Waals surface area contributed by atoms with Crippen LogP contribution in [0.5, 0.6) is 0 Å². The largest absolute Gasteiger partial charge is 0.462 e. The van der Waals surface area contributed by atoms with E-state index in [-0.39, 0.29) is 5.97 Å². The molecule has 2 nitrogen and oxygen atoms in total. The van der Waals surface area contributed by atoms with Gasteiger partial charge in [-0.3, -0.25) is 0 Å². The smallest absolute Gasteiger partial charge is 0.338 e. The van der Waals surface area contributed by atoms with E-state index < -0.39 is 0 Å². The Kier molecular flexibility index (Phi) is 4.23. The highest BCUT2D eigenvalue weighted by Gasteiger charge is 2.11. The average molecular weight is 268 g/mol. The molecule has 0 heterocycles. The van der Waals surface area contributed by atoms with Crippen LogP contribution in [-0.2, 0) is 4.74 Å². The van der Waals surface area contributed by atoms with Crippen molar-refractivity contribution in [1.82, 2.24) is 0 Å². The van der Waals surface area contributed by atoms with Gasteiger partial charge in [0.25, 0.3) is 0 Å². The normalized spacial score (nSPS) is 10.4. The maximum atomic E-state index is 11.8. The van der Waals surface area contributed by atoms with E-state index in [2.05, 4.69) is 32.9 Å². The Morgan fingerprint density at radius 2 is 1.70 bits per heavy atom. The lowest BCUT2D eigenvalue weighted by Gasteiger charge is -2.12. The van der Waals surface area contributed by atoms with Crippen molar-refractivity contribution in [1.29, 1.82) is 0 Å². The molecular weight excluding hydrogens is 248 g/mol. The number of carbonyl (C=O) groups excluding carboxylic acids is 1. The maximum absolute atomic E-state index is 11.8. The van der Waals surface area contributed by atoms with Crippen molar-refractivity contribution in [2.75, 3.05) is 6.61 Å². The molecule has 0 unspecified atom stereocenters. The minimum Gasteiger partial charge on any atom is -0.462 e. The molecular formula is C18H20O2. The topological polar surface area (TPSA) is 26.3 Å². The van der Waals surface area contributed by atoms with Crippen LogP contribution in [0.25, 0.3) is 11.1 Å². The molecule has 0 atom stereocenters. The van der Waals surface area contributed by atoms with Crippen molar-refractivity contribution in [2.24, 2.45) is 0 Å². The first kappa shape index (κ1) is 14.3. The Balaban J connectivity index is 2.49. The number of hydrogen-bond acceptors (Lipinski definition) is 2. The molecule has 2 heteroatoms. The van der Waals surface area contributed by atoms with Gasteiger partial charge in [-0.05, 0) is 62.1 Å². The van der Waals surface area contributed by atoms with Gasteiger partial charge in [0, 0.05) is 0 Å². The van der Waals surface area contributed by atoms with E-state index in [1.54, 1.807) is 6.07 Å². The number of ether oxygens (including phenoxy) is 1. The second kappa shape index (κ2) is 5.91. The van der Waals surface area contributed by atoms with Gasteiger partial charge < -0.3 is 4.74 Å². The van der Waals surface area contributed by atoms with Crippen LogP contribution >= 0.6 is 0 Å². The molecule has 0 aliphatic carbocycles. The quantitative estimate of drug-likeness (QED) is 0.768. The van der Waals surface area contributed by atoms with E-state index in [0.717, 1.165) is 5.56 Å². The van der Waals surface area contributed by atoms with Gasteiger partial charge in [-0.2, -0.15) is 0 Å². The van der Waals surface area contributed by atoms with Crippen LogP contribution in [0.2, 0.25) is 0 Å². The zero-order chi connectivity index (χ0) is 14.7. The van der Waals surface area contributed by atoms with Crippen molar-refractivity contribution >= 4 is 5.97 Å². The molecule has 0 bridgehead atoms. The first-order chi connectivity index (χ1) is 9.52. The minimum atomic E-state index is -0.267. The molecule has 0 saturated carbocycles. The lowest BCUT2D eigenvalue weighted by molar-refractivity contribution is 0.0526. The van der Waals surface area contributed by atoms with E-state index >= 15 is 0 Å². The minimum absolute atomic E-state index is 0.267. The molecule has 2 rings (SSSR count). The molecule has 0 N–H and O–H groups in total. The second-order valence-electron chi connectivity index (χ2n) is 5.07. The molecule has 0 fully saturated rings. The Labute approximate surface area is 120 Å². The van der Waals surface area contributed by atoms with E-state index in [9.17, 15) is 4.79 Å². The predicted octanol–water partition coefficient (Wildman–Crippen LogP) is 4.46. The molecule has 104 valence electrons. The van der Waals surface area contributed by atoms with E-state index in [1.165, 1.54) is 22.3 Å². The number of hydrogen-bond donors (Lipinski definition) is 0. The fourth-order valence-electron chi connectivity index (χ4n) is 2.65. The Bertz CT molecular complexity index is 619. The van der Waals surface area contributed by atoms with E-state index in [1.807, 2.05) is 25.1 Å². The van der Waals surface area contributed by atoms with Crippen molar-refractivity contribution in [3.63, 3.8) is 0 Å². The highest BCUT2D eigenvalue weighted by molar-refractivity contribution is 5.91. The fourth-order valence-corrected chi connectivity index (χ4v) is 2.65. The Morgan fingerprint density at radius 3 is 2.30 bits per heavy atom. The third-order valence-corrected chi connectivity index (χ3v) is 3.34. The second-order valence-corrected chi connectivity index (χ2v) is 5.07. The van der Waals surface area contributed by atoms with Gasteiger partial charge in [0.2, 0.25) is 0 Å². The van der Waals surface area contributed by atoms with Gasteiger partial charge in [-0.15, -0.1) is 0 Å². The molecule has 20 heavy (non-hydrogen) atoms. The summed E-state index contributed by atoms with van der Waals surface area (Å²) < 4.78 is 5.06. The first-order valence-electron chi connectivity index (χ1n) is 6.88. The molecule has 0 saturated heterocycles. The number of benzene rings is 2. The molecule has 0 amide bonds. The summed E-state index contributed by atoms with van der Waals surface area (Å²) in [6.45, 7) is 8.51. The van der Waals surface area contributed by atoms with Gasteiger partial charge in [-0.1, -0.05) is 29.8 Å². The third-order valence-electron chi connectivity index (χ3n) is 3.34. The molecule has 0 aromatic heterocycles. The Morgan fingerprint density at radius 1 is 1.05 bits per heavy atom. The molecule has 0 radical (unpaired) electrons. The molecule has 0 spiro atoms. The van der Waals surface area contributed by atoms with Crippen LogP contribution < -0.4 is 0 Å². The number of aryl methyl sites for hydroxylation is 3. The highest BCUT2D eigenvalue weighted by Crippen LogP contribution is 2.29. The maximum Gasteiger partial charge on any atom is 0.338 e. The van der Waals surface area contributed by atoms with Crippen LogP contribution in [0, 0.1) is 20.8 Å². The van der Waals surface area contributed by atoms with E-state index in [4.69, 9.17) is 4.74 Å². The zero-order valence-corrected chi connectivity index (χ0v) is 12.5. The van der Waals surface area contributed by atoms with Gasteiger partial charge in [0.05, 0.1) is 12.2 Å². The molecule has 2 aromatic carbocycles. The summed E-state index contributed by atoms with van der Waals surface area (Å²) in [5, 5.41) is 0. The van der Waals surface area contributed by atoms with Crippen molar-refractivity contribution in [3.05, 3.63) is 58.7 Å². The summed E-state index contributed by atoms with van der Waals surface area (Å²) in [6, 6.07) is 12.0. The molecule has 0 aliphatic heterocycles. The van der Waals surface area contributed by atoms with Gasteiger partial charge >= 0.3 is 5.97 Å². The lowest BCUT2D eigenvalue weighted by Crippen LogP contribution is -2.04. The Hall–Kier alpha value is -2.09. The summed E-state index contributed by atoms with van der Waals surface area (Å²) in [5.74, 6) is -0.267. The predicted molar refractivity (Wildman–Crippen MR) is 82.0 cm³/mol. The summed E-state index contributed by atoms with van der Waals surface area (Å²) in [5.41, 5.74) is 6.56. The van der Waals surface area contributed by atoms with Crippen molar-refractivity contribution in [2.45, 2.75) is 27.7 Å². The standard InChI is InChI=1S/C18H20O2/c1-5-20-18(19)16-8-6-7-15(11-16)17-13(3)9-12(2)10-14(17)4/h6-11H,5H2,1-4H3. The first-order valence-corrected chi connectivity index (χ1v) is 6.88. The number of carbonyl (C=O) groups is 1. The van der Waals surface area contributed by atoms with Crippen molar-refractivity contribution in [3.8, 4) is 11.1 Å². The van der Waals surface area contributed by atoms with Crippen LogP contribution in [0.1, 0.15) is 34.0 Å². The monoisotopic (exact) mass is 268 g/mol. The van der Waals surface area contributed by atoms with Gasteiger partial charge in [-0.25, -0.2) is 4.79 Å². The van der Waals surface area contributed by atoms with Crippen LogP contribution in [0.3, 0.4) is 0 Å². The average Bonchev–Trinajstić information content (AvgIpc) is 2.38. The number of esters is 1. The van der Waals surface area contributed by atoms with Gasteiger partial charge in [0.1, 0.15) is 0 Å². The summed E-state index contributed by atoms with van der Waals surface area (Å²) >= 11 is 0. The summed E-state index contributed by atoms with van der Waals surface area (Å²) in [6.07, 6.45) is 0. The highest BCUT2D eigenvalue weighted by atomic mass is 16.5. The van der Waals surface area contributed by atoms with Crippen LogP contribution in [0.4, 0.5) is 0 Å². The lowest BCUT2D eigenvalue weighted by atomic mass is 9.93. The van der Waals surface area contributed by atoms with Crippen LogP contribution in [-0.4, -0.2) is 12.6 Å².